The Morgan fingerprint density at radius 2 is 2.13 bits per heavy atom. The lowest BCUT2D eigenvalue weighted by atomic mass is 10.2. The molecule has 8 heteroatoms. The molecule has 0 aliphatic carbocycles. The van der Waals surface area contributed by atoms with E-state index in [-0.39, 0.29) is 16.8 Å². The highest BCUT2D eigenvalue weighted by Crippen LogP contribution is 2.22. The summed E-state index contributed by atoms with van der Waals surface area (Å²) in [6, 6.07) is 1.65. The van der Waals surface area contributed by atoms with Crippen LogP contribution in [0.25, 0.3) is 0 Å². The van der Waals surface area contributed by atoms with Gasteiger partial charge in [0.25, 0.3) is 0 Å². The number of rotatable bonds is 3. The Morgan fingerprint density at radius 3 is 2.74 bits per heavy atom. The Hall–Kier alpha value is -1.70. The molecule has 1 amide bonds. The summed E-state index contributed by atoms with van der Waals surface area (Å²) in [7, 11) is -3.55. The molecular formula is C15H23N3O4S. The molecule has 1 atom stereocenters. The molecule has 0 radical (unpaired) electrons. The zero-order chi connectivity index (χ0) is 17.3. The summed E-state index contributed by atoms with van der Waals surface area (Å²) in [5.74, 6) is -0.188. The molecule has 7 nitrogen and oxygen atoms in total. The number of hydrogen-bond donors (Lipinski definition) is 0. The Bertz CT molecular complexity index is 682. The molecule has 1 aliphatic rings. The first-order valence-corrected chi connectivity index (χ1v) is 9.22. The largest absolute Gasteiger partial charge is 0.444 e. The minimum absolute atomic E-state index is 0.0598. The average molecular weight is 341 g/mol. The number of likely N-dealkylation sites (tertiary alicyclic amines) is 1. The molecule has 1 saturated heterocycles. The lowest BCUT2D eigenvalue weighted by Crippen LogP contribution is -2.35. The SMILES string of the molecule is Cc1ccnc(S(=O)(=O)CC2CCN(C(=O)OC(C)(C)C)C2)n1. The van der Waals surface area contributed by atoms with Crippen LogP contribution in [0.1, 0.15) is 32.9 Å². The number of amides is 1. The number of hydrogen-bond acceptors (Lipinski definition) is 6. The van der Waals surface area contributed by atoms with Crippen molar-refractivity contribution in [2.45, 2.75) is 44.9 Å². The fourth-order valence-corrected chi connectivity index (χ4v) is 3.97. The van der Waals surface area contributed by atoms with Gasteiger partial charge >= 0.3 is 6.09 Å². The van der Waals surface area contributed by atoms with Crippen molar-refractivity contribution in [3.05, 3.63) is 18.0 Å². The third-order valence-electron chi connectivity index (χ3n) is 3.44. The molecule has 23 heavy (non-hydrogen) atoms. The van der Waals surface area contributed by atoms with Crippen LogP contribution in [0.4, 0.5) is 4.79 Å². The molecule has 1 aromatic rings. The van der Waals surface area contributed by atoms with Gasteiger partial charge in [-0.1, -0.05) is 0 Å². The summed E-state index contributed by atoms with van der Waals surface area (Å²) >= 11 is 0. The van der Waals surface area contributed by atoms with Gasteiger partial charge < -0.3 is 9.64 Å². The minimum atomic E-state index is -3.55. The summed E-state index contributed by atoms with van der Waals surface area (Å²) in [6.45, 7) is 8.01. The third-order valence-corrected chi connectivity index (χ3v) is 5.11. The Labute approximate surface area is 137 Å². The molecule has 1 fully saturated rings. The van der Waals surface area contributed by atoms with Crippen molar-refractivity contribution < 1.29 is 17.9 Å². The van der Waals surface area contributed by atoms with E-state index in [9.17, 15) is 13.2 Å². The van der Waals surface area contributed by atoms with Gasteiger partial charge in [-0.05, 0) is 46.1 Å². The number of aryl methyl sites for hydroxylation is 1. The Kier molecular flexibility index (Phi) is 4.93. The number of nitrogens with zero attached hydrogens (tertiary/aromatic N) is 3. The van der Waals surface area contributed by atoms with Gasteiger partial charge in [-0.3, -0.25) is 0 Å². The Balaban J connectivity index is 1.99. The van der Waals surface area contributed by atoms with Crippen molar-refractivity contribution in [2.75, 3.05) is 18.8 Å². The van der Waals surface area contributed by atoms with Gasteiger partial charge in [0.15, 0.2) is 0 Å². The highest BCUT2D eigenvalue weighted by Gasteiger charge is 2.33. The number of sulfone groups is 1. The predicted octanol–water partition coefficient (Wildman–Crippen LogP) is 1.82. The third kappa shape index (κ3) is 4.89. The van der Waals surface area contributed by atoms with Crippen LogP contribution in [-0.2, 0) is 14.6 Å². The topological polar surface area (TPSA) is 89.5 Å². The fraction of sp³-hybridized carbons (Fsp3) is 0.667. The van der Waals surface area contributed by atoms with Gasteiger partial charge in [-0.2, -0.15) is 0 Å². The predicted molar refractivity (Wildman–Crippen MR) is 84.7 cm³/mol. The van der Waals surface area contributed by atoms with E-state index in [4.69, 9.17) is 4.74 Å². The highest BCUT2D eigenvalue weighted by molar-refractivity contribution is 7.91. The lowest BCUT2D eigenvalue weighted by molar-refractivity contribution is 0.0289. The second-order valence-electron chi connectivity index (χ2n) is 6.84. The summed E-state index contributed by atoms with van der Waals surface area (Å²) in [5, 5.41) is -0.145. The summed E-state index contributed by atoms with van der Waals surface area (Å²) < 4.78 is 30.1. The van der Waals surface area contributed by atoms with E-state index in [0.29, 0.717) is 25.2 Å². The van der Waals surface area contributed by atoms with Gasteiger partial charge in [0.2, 0.25) is 15.0 Å². The molecule has 1 aliphatic heterocycles. The van der Waals surface area contributed by atoms with Crippen LogP contribution in [-0.4, -0.2) is 53.8 Å². The normalized spacial score (nSPS) is 19.0. The van der Waals surface area contributed by atoms with Crippen LogP contribution in [0.2, 0.25) is 0 Å². The maximum atomic E-state index is 12.4. The first-order valence-electron chi connectivity index (χ1n) is 7.57. The summed E-state index contributed by atoms with van der Waals surface area (Å²) in [5.41, 5.74) is 0.0526. The maximum Gasteiger partial charge on any atom is 0.410 e. The van der Waals surface area contributed by atoms with E-state index in [2.05, 4.69) is 9.97 Å². The fourth-order valence-electron chi connectivity index (χ4n) is 2.42. The average Bonchev–Trinajstić information content (AvgIpc) is 2.84. The Morgan fingerprint density at radius 1 is 1.43 bits per heavy atom. The van der Waals surface area contributed by atoms with Crippen LogP contribution in [0.15, 0.2) is 17.4 Å². The summed E-state index contributed by atoms with van der Waals surface area (Å²) in [6.07, 6.45) is 1.67. The second-order valence-corrected chi connectivity index (χ2v) is 8.77. The molecule has 0 bridgehead atoms. The molecule has 2 heterocycles. The van der Waals surface area contributed by atoms with Crippen molar-refractivity contribution in [3.8, 4) is 0 Å². The van der Waals surface area contributed by atoms with E-state index in [0.717, 1.165) is 0 Å². The zero-order valence-corrected chi connectivity index (χ0v) is 14.8. The van der Waals surface area contributed by atoms with E-state index in [1.807, 2.05) is 0 Å². The van der Waals surface area contributed by atoms with Crippen LogP contribution < -0.4 is 0 Å². The molecule has 0 N–H and O–H groups in total. The van der Waals surface area contributed by atoms with E-state index >= 15 is 0 Å². The van der Waals surface area contributed by atoms with Gasteiger partial charge in [0.05, 0.1) is 5.75 Å². The maximum absolute atomic E-state index is 12.4. The molecule has 0 saturated carbocycles. The first-order chi connectivity index (χ1) is 10.6. The van der Waals surface area contributed by atoms with E-state index < -0.39 is 21.5 Å². The van der Waals surface area contributed by atoms with E-state index in [1.165, 1.54) is 6.20 Å². The van der Waals surface area contributed by atoms with Crippen molar-refractivity contribution in [1.29, 1.82) is 0 Å². The summed E-state index contributed by atoms with van der Waals surface area (Å²) in [4.78, 5) is 21.4. The quantitative estimate of drug-likeness (QED) is 0.779. The molecule has 2 rings (SSSR count). The number of carbonyl (C=O) groups excluding carboxylic acids is 1. The molecule has 1 aromatic heterocycles. The standard InChI is InChI=1S/C15H23N3O4S/c1-11-5-7-16-13(17-11)23(20,21)10-12-6-8-18(9-12)14(19)22-15(2,3)4/h5,7,12H,6,8-10H2,1-4H3. The first kappa shape index (κ1) is 17.7. The number of carbonyl (C=O) groups is 1. The van der Waals surface area contributed by atoms with Crippen molar-refractivity contribution in [2.24, 2.45) is 5.92 Å². The van der Waals surface area contributed by atoms with Crippen LogP contribution in [0, 0.1) is 12.8 Å². The zero-order valence-electron chi connectivity index (χ0n) is 13.9. The van der Waals surface area contributed by atoms with Crippen molar-refractivity contribution in [1.82, 2.24) is 14.9 Å². The van der Waals surface area contributed by atoms with Gasteiger partial charge in [0.1, 0.15) is 5.60 Å². The van der Waals surface area contributed by atoms with E-state index in [1.54, 1.807) is 38.7 Å². The molecule has 1 unspecified atom stereocenters. The second kappa shape index (κ2) is 6.43. The minimum Gasteiger partial charge on any atom is -0.444 e. The van der Waals surface area contributed by atoms with Crippen LogP contribution >= 0.6 is 0 Å². The monoisotopic (exact) mass is 341 g/mol. The molecule has 0 spiro atoms. The van der Waals surface area contributed by atoms with Gasteiger partial charge in [-0.15, -0.1) is 0 Å². The van der Waals surface area contributed by atoms with Gasteiger partial charge in [-0.25, -0.2) is 23.2 Å². The van der Waals surface area contributed by atoms with Crippen LogP contribution in [0.3, 0.4) is 0 Å². The van der Waals surface area contributed by atoms with Crippen molar-refractivity contribution >= 4 is 15.9 Å². The smallest absolute Gasteiger partial charge is 0.410 e. The molecule has 128 valence electrons. The van der Waals surface area contributed by atoms with Crippen LogP contribution in [0.5, 0.6) is 0 Å². The highest BCUT2D eigenvalue weighted by atomic mass is 32.2. The van der Waals surface area contributed by atoms with Gasteiger partial charge in [0, 0.05) is 25.0 Å². The molecule has 0 aromatic carbocycles. The lowest BCUT2D eigenvalue weighted by Gasteiger charge is -2.24. The number of aromatic nitrogens is 2. The van der Waals surface area contributed by atoms with Crippen molar-refractivity contribution in [3.63, 3.8) is 0 Å². The molecular weight excluding hydrogens is 318 g/mol. The number of ether oxygens (including phenoxy) is 1.